The molecule has 2 saturated heterocycles. The van der Waals surface area contributed by atoms with Gasteiger partial charge in [0.25, 0.3) is 0 Å². The quantitative estimate of drug-likeness (QED) is 0.261. The summed E-state index contributed by atoms with van der Waals surface area (Å²) in [5, 5.41) is 9.65. The van der Waals surface area contributed by atoms with Gasteiger partial charge >= 0.3 is 11.9 Å². The first-order chi connectivity index (χ1) is 25.3. The molecule has 6 aliphatic carbocycles. The number of ether oxygens (including phenoxy) is 1. The zero-order valence-electron chi connectivity index (χ0n) is 35.1. The van der Waals surface area contributed by atoms with Crippen LogP contribution in [0.2, 0.25) is 0 Å². The number of likely N-dealkylation sites (tertiary alicyclic amines) is 2. The van der Waals surface area contributed by atoms with Crippen LogP contribution in [-0.2, 0) is 23.9 Å². The van der Waals surface area contributed by atoms with E-state index in [9.17, 15) is 19.5 Å². The Labute approximate surface area is 325 Å². The topological polar surface area (TPSA) is 104 Å². The van der Waals surface area contributed by atoms with E-state index in [0.717, 1.165) is 96.7 Å². The van der Waals surface area contributed by atoms with Crippen molar-refractivity contribution >= 4 is 23.8 Å². The Morgan fingerprint density at radius 1 is 0.704 bits per heavy atom. The SMILES string of the molecule is CC(C)(CC(=O)O[C@H]1CC[C@@]2(C)C(CC[C@]3(C)[C@@H]2CC[C@@H]2[C@H]4[C@H](C5(C)CC5)CC[C@]4(C(=O)N4CCC[C@H]4C(=O)N4CCCC4)CC[C@]23C)C1(C)C)C(=O)O. The van der Waals surface area contributed by atoms with Gasteiger partial charge in [-0.15, -0.1) is 0 Å². The molecule has 54 heavy (non-hydrogen) atoms. The first kappa shape index (κ1) is 38.7. The minimum absolute atomic E-state index is 0.115. The molecule has 0 spiro atoms. The molecule has 8 fully saturated rings. The summed E-state index contributed by atoms with van der Waals surface area (Å²) < 4.78 is 6.22. The van der Waals surface area contributed by atoms with Crippen LogP contribution in [0.1, 0.15) is 165 Å². The summed E-state index contributed by atoms with van der Waals surface area (Å²) in [5.74, 6) is 1.66. The highest BCUT2D eigenvalue weighted by molar-refractivity contribution is 5.91. The van der Waals surface area contributed by atoms with Gasteiger partial charge in [-0.25, -0.2) is 0 Å². The van der Waals surface area contributed by atoms with Gasteiger partial charge in [0.05, 0.1) is 17.3 Å². The second-order valence-electron chi connectivity index (χ2n) is 22.5. The third-order valence-corrected chi connectivity index (χ3v) is 19.4. The van der Waals surface area contributed by atoms with Crippen LogP contribution in [0.3, 0.4) is 0 Å². The Morgan fingerprint density at radius 2 is 1.41 bits per heavy atom. The van der Waals surface area contributed by atoms with Crippen LogP contribution in [-0.4, -0.2) is 70.4 Å². The summed E-state index contributed by atoms with van der Waals surface area (Å²) in [5.41, 5.74) is -0.935. The number of nitrogens with zero attached hydrogens (tertiary/aromatic N) is 2. The standard InChI is InChI=1S/C46H72N2O6/c1-40(2,39(52)53)28-35(49)54-34-17-18-43(6)32(41(34,3)4)16-19-45(8)33(43)14-13-30-36-29(42(5)21-22-42)15-20-46(36,24-23-44(30,45)7)38(51)48-27-11-12-31(48)37(50)47-25-9-10-26-47/h29-34,36H,9-28H2,1-8H3,(H,52,53)/t29-,30-,31+,32?,33-,34+,36-,43+,44-,45-,46+/m1/s1. The van der Waals surface area contributed by atoms with E-state index in [1.807, 2.05) is 4.90 Å². The van der Waals surface area contributed by atoms with Gasteiger partial charge in [0.2, 0.25) is 11.8 Å². The van der Waals surface area contributed by atoms with E-state index in [1.54, 1.807) is 13.8 Å². The van der Waals surface area contributed by atoms with Crippen LogP contribution in [0.15, 0.2) is 0 Å². The molecular weight excluding hydrogens is 677 g/mol. The summed E-state index contributed by atoms with van der Waals surface area (Å²) in [6.45, 7) is 20.7. The van der Waals surface area contributed by atoms with Crippen molar-refractivity contribution in [3.63, 3.8) is 0 Å². The number of rotatable bonds is 7. The molecule has 302 valence electrons. The minimum Gasteiger partial charge on any atom is -0.481 e. The second-order valence-corrected chi connectivity index (χ2v) is 22.5. The normalized spacial score (nSPS) is 44.8. The number of esters is 1. The second kappa shape index (κ2) is 12.7. The Hall–Kier alpha value is -2.12. The van der Waals surface area contributed by atoms with Crippen molar-refractivity contribution in [1.29, 1.82) is 0 Å². The third kappa shape index (κ3) is 5.45. The number of carboxylic acids is 1. The fraction of sp³-hybridized carbons (Fsp3) is 0.913. The lowest BCUT2D eigenvalue weighted by Crippen LogP contribution is -2.68. The molecule has 8 rings (SSSR count). The molecule has 0 aromatic heterocycles. The Balaban J connectivity index is 1.07. The Morgan fingerprint density at radius 3 is 2.07 bits per heavy atom. The molecule has 1 N–H and O–H groups in total. The summed E-state index contributed by atoms with van der Waals surface area (Å²) in [7, 11) is 0. The molecule has 2 aliphatic heterocycles. The highest BCUT2D eigenvalue weighted by Gasteiger charge is 2.74. The maximum Gasteiger partial charge on any atom is 0.309 e. The number of carbonyl (C=O) groups excluding carboxylic acids is 3. The first-order valence-electron chi connectivity index (χ1n) is 22.3. The fourth-order valence-corrected chi connectivity index (χ4v) is 15.8. The fourth-order valence-electron chi connectivity index (χ4n) is 15.8. The van der Waals surface area contributed by atoms with Crippen LogP contribution in [0.25, 0.3) is 0 Å². The average molecular weight is 749 g/mol. The van der Waals surface area contributed by atoms with Crippen LogP contribution in [0, 0.1) is 67.5 Å². The van der Waals surface area contributed by atoms with Crippen molar-refractivity contribution in [2.75, 3.05) is 19.6 Å². The van der Waals surface area contributed by atoms with Gasteiger partial charge in [-0.2, -0.15) is 0 Å². The van der Waals surface area contributed by atoms with Gasteiger partial charge in [0.1, 0.15) is 12.1 Å². The van der Waals surface area contributed by atoms with Gasteiger partial charge in [-0.1, -0.05) is 41.5 Å². The largest absolute Gasteiger partial charge is 0.481 e. The molecule has 6 saturated carbocycles. The van der Waals surface area contributed by atoms with E-state index in [-0.39, 0.29) is 51.5 Å². The molecule has 2 heterocycles. The van der Waals surface area contributed by atoms with Crippen molar-refractivity contribution in [2.45, 2.75) is 177 Å². The predicted octanol–water partition coefficient (Wildman–Crippen LogP) is 8.89. The van der Waals surface area contributed by atoms with Gasteiger partial charge in [-0.3, -0.25) is 19.2 Å². The summed E-state index contributed by atoms with van der Waals surface area (Å²) in [4.78, 5) is 58.4. The van der Waals surface area contributed by atoms with Crippen molar-refractivity contribution in [2.24, 2.45) is 67.5 Å². The smallest absolute Gasteiger partial charge is 0.309 e. The highest BCUT2D eigenvalue weighted by atomic mass is 16.5. The van der Waals surface area contributed by atoms with Gasteiger partial charge < -0.3 is 19.6 Å². The lowest BCUT2D eigenvalue weighted by molar-refractivity contribution is -0.251. The highest BCUT2D eigenvalue weighted by Crippen LogP contribution is 2.79. The molecule has 1 unspecified atom stereocenters. The van der Waals surface area contributed by atoms with E-state index in [0.29, 0.717) is 40.9 Å². The van der Waals surface area contributed by atoms with Crippen LogP contribution < -0.4 is 0 Å². The molecule has 0 aromatic carbocycles. The first-order valence-corrected chi connectivity index (χ1v) is 22.3. The monoisotopic (exact) mass is 749 g/mol. The Kier molecular flexibility index (Phi) is 9.10. The van der Waals surface area contributed by atoms with Crippen LogP contribution in [0.4, 0.5) is 0 Å². The van der Waals surface area contributed by atoms with E-state index in [4.69, 9.17) is 4.74 Å². The van der Waals surface area contributed by atoms with E-state index >= 15 is 4.79 Å². The molecule has 0 bridgehead atoms. The summed E-state index contributed by atoms with van der Waals surface area (Å²) in [6, 6.07) is -0.264. The molecule has 11 atom stereocenters. The molecule has 8 heteroatoms. The number of hydrogen-bond acceptors (Lipinski definition) is 5. The number of carboxylic acid groups (broad SMARTS) is 1. The van der Waals surface area contributed by atoms with E-state index in [1.165, 1.54) is 25.7 Å². The zero-order valence-corrected chi connectivity index (χ0v) is 35.1. The minimum atomic E-state index is -1.15. The average Bonchev–Trinajstić information content (AvgIpc) is 3.54. The number of amides is 2. The van der Waals surface area contributed by atoms with E-state index in [2.05, 4.69) is 46.4 Å². The van der Waals surface area contributed by atoms with Gasteiger partial charge in [0.15, 0.2) is 0 Å². The number of hydrogen-bond donors (Lipinski definition) is 1. The number of carbonyl (C=O) groups is 4. The van der Waals surface area contributed by atoms with Crippen LogP contribution >= 0.6 is 0 Å². The lowest BCUT2D eigenvalue weighted by Gasteiger charge is -2.73. The maximum absolute atomic E-state index is 15.4. The van der Waals surface area contributed by atoms with Crippen molar-refractivity contribution in [3.8, 4) is 0 Å². The number of aliphatic carboxylic acids is 1. The molecule has 8 nitrogen and oxygen atoms in total. The van der Waals surface area contributed by atoms with Crippen LogP contribution in [0.5, 0.6) is 0 Å². The zero-order chi connectivity index (χ0) is 38.9. The predicted molar refractivity (Wildman–Crippen MR) is 208 cm³/mol. The molecule has 0 aromatic rings. The summed E-state index contributed by atoms with van der Waals surface area (Å²) in [6.07, 6.45) is 16.9. The molecule has 2 amide bonds. The lowest BCUT2D eigenvalue weighted by atomic mass is 9.32. The summed E-state index contributed by atoms with van der Waals surface area (Å²) >= 11 is 0. The third-order valence-electron chi connectivity index (χ3n) is 19.4. The molecule has 0 radical (unpaired) electrons. The van der Waals surface area contributed by atoms with E-state index < -0.39 is 17.4 Å². The van der Waals surface area contributed by atoms with Gasteiger partial charge in [0, 0.05) is 25.0 Å². The van der Waals surface area contributed by atoms with Gasteiger partial charge in [-0.05, 0) is 168 Å². The Bertz CT molecular complexity index is 1560. The molecule has 8 aliphatic rings. The van der Waals surface area contributed by atoms with Crippen molar-refractivity contribution < 1.29 is 29.0 Å². The molecular formula is C46H72N2O6. The van der Waals surface area contributed by atoms with Crippen molar-refractivity contribution in [3.05, 3.63) is 0 Å². The maximum atomic E-state index is 15.4. The number of fused-ring (bicyclic) bond motifs is 7. The van der Waals surface area contributed by atoms with Crippen molar-refractivity contribution in [1.82, 2.24) is 9.80 Å².